The number of rotatable bonds is 4. The van der Waals surface area contributed by atoms with E-state index >= 15 is 0 Å². The molecule has 1 aliphatic carbocycles. The molecule has 4 nitrogen and oxygen atoms in total. The van der Waals surface area contributed by atoms with Crippen molar-refractivity contribution in [3.63, 3.8) is 0 Å². The lowest BCUT2D eigenvalue weighted by atomic mass is 9.82. The molecule has 0 amide bonds. The Kier molecular flexibility index (Phi) is 4.58. The third kappa shape index (κ3) is 3.66. The molecule has 112 valence electrons. The summed E-state index contributed by atoms with van der Waals surface area (Å²) in [6.45, 7) is 3.16. The van der Waals surface area contributed by atoms with E-state index in [0.717, 1.165) is 18.2 Å². The first-order valence-corrected chi connectivity index (χ1v) is 9.09. The minimum absolute atomic E-state index is 0.208. The molecule has 1 aromatic carbocycles. The van der Waals surface area contributed by atoms with E-state index in [4.69, 9.17) is 5.73 Å². The topological polar surface area (TPSA) is 72.2 Å². The zero-order valence-corrected chi connectivity index (χ0v) is 13.0. The van der Waals surface area contributed by atoms with Gasteiger partial charge in [-0.05, 0) is 36.8 Å². The van der Waals surface area contributed by atoms with E-state index in [1.165, 1.54) is 31.9 Å². The van der Waals surface area contributed by atoms with Gasteiger partial charge in [0.25, 0.3) is 0 Å². The average molecular weight is 296 g/mol. The summed E-state index contributed by atoms with van der Waals surface area (Å²) >= 11 is 0. The van der Waals surface area contributed by atoms with Crippen LogP contribution >= 0.6 is 0 Å². The monoisotopic (exact) mass is 296 g/mol. The van der Waals surface area contributed by atoms with Crippen molar-refractivity contribution in [2.45, 2.75) is 37.5 Å². The zero-order valence-electron chi connectivity index (χ0n) is 12.2. The maximum Gasteiger partial charge on any atom is 0.177 e. The van der Waals surface area contributed by atoms with Gasteiger partial charge in [-0.1, -0.05) is 25.8 Å². The molecule has 0 bridgehead atoms. The first kappa shape index (κ1) is 15.2. The third-order valence-corrected chi connectivity index (χ3v) is 5.25. The van der Waals surface area contributed by atoms with Crippen molar-refractivity contribution in [2.24, 2.45) is 11.8 Å². The van der Waals surface area contributed by atoms with Gasteiger partial charge in [-0.15, -0.1) is 0 Å². The van der Waals surface area contributed by atoms with Gasteiger partial charge in [-0.2, -0.15) is 0 Å². The number of anilines is 2. The summed E-state index contributed by atoms with van der Waals surface area (Å²) in [6, 6.07) is 5.13. The molecular formula is C15H24N2O2S. The third-order valence-electron chi connectivity index (χ3n) is 4.09. The molecule has 1 saturated carbocycles. The summed E-state index contributed by atoms with van der Waals surface area (Å²) < 4.78 is 23.3. The predicted octanol–water partition coefficient (Wildman–Crippen LogP) is 2.91. The summed E-state index contributed by atoms with van der Waals surface area (Å²) in [5.41, 5.74) is 7.03. The highest BCUT2D eigenvalue weighted by Crippen LogP contribution is 2.30. The van der Waals surface area contributed by atoms with Crippen LogP contribution in [-0.4, -0.2) is 21.2 Å². The first-order valence-electron chi connectivity index (χ1n) is 7.20. The standard InChI is InChI=1S/C15H24N2O2S/c1-11-5-3-6-12(9-11)10-17-13-7-4-8-14(15(13)16)20(2,18)19/h4,7-8,11-12,17H,3,5-6,9-10,16H2,1-2H3. The van der Waals surface area contributed by atoms with Gasteiger partial charge in [-0.3, -0.25) is 0 Å². The highest BCUT2D eigenvalue weighted by atomic mass is 32.2. The molecule has 0 aromatic heterocycles. The van der Waals surface area contributed by atoms with Crippen LogP contribution < -0.4 is 11.1 Å². The van der Waals surface area contributed by atoms with E-state index in [9.17, 15) is 8.42 Å². The number of hydrogen-bond acceptors (Lipinski definition) is 4. The SMILES string of the molecule is CC1CCCC(CNc2cccc(S(C)(=O)=O)c2N)C1. The molecule has 2 atom stereocenters. The lowest BCUT2D eigenvalue weighted by Gasteiger charge is -2.27. The first-order chi connectivity index (χ1) is 9.38. The maximum absolute atomic E-state index is 11.6. The molecule has 3 N–H and O–H groups in total. The van der Waals surface area contributed by atoms with Gasteiger partial charge in [0.2, 0.25) is 0 Å². The molecule has 5 heteroatoms. The smallest absolute Gasteiger partial charge is 0.177 e. The summed E-state index contributed by atoms with van der Waals surface area (Å²) in [6.07, 6.45) is 6.27. The molecular weight excluding hydrogens is 272 g/mol. The lowest BCUT2D eigenvalue weighted by Crippen LogP contribution is -2.21. The van der Waals surface area contributed by atoms with E-state index in [0.29, 0.717) is 11.6 Å². The molecule has 0 spiro atoms. The van der Waals surface area contributed by atoms with Crippen LogP contribution in [0.15, 0.2) is 23.1 Å². The number of benzene rings is 1. The van der Waals surface area contributed by atoms with E-state index in [-0.39, 0.29) is 4.90 Å². The predicted molar refractivity (Wildman–Crippen MR) is 83.6 cm³/mol. The number of para-hydroxylation sites is 1. The van der Waals surface area contributed by atoms with Crippen LogP contribution in [0, 0.1) is 11.8 Å². The second kappa shape index (κ2) is 6.04. The van der Waals surface area contributed by atoms with Crippen LogP contribution in [-0.2, 0) is 9.84 Å². The highest BCUT2D eigenvalue weighted by molar-refractivity contribution is 7.90. The van der Waals surface area contributed by atoms with Gasteiger partial charge < -0.3 is 11.1 Å². The van der Waals surface area contributed by atoms with Crippen molar-refractivity contribution >= 4 is 21.2 Å². The Morgan fingerprint density at radius 1 is 1.35 bits per heavy atom. The zero-order chi connectivity index (χ0) is 14.8. The van der Waals surface area contributed by atoms with Crippen LogP contribution in [0.4, 0.5) is 11.4 Å². The molecule has 1 aromatic rings. The van der Waals surface area contributed by atoms with Gasteiger partial charge in [0, 0.05) is 12.8 Å². The minimum Gasteiger partial charge on any atom is -0.396 e. The molecule has 2 rings (SSSR count). The second-order valence-electron chi connectivity index (χ2n) is 6.01. The average Bonchev–Trinajstić information content (AvgIpc) is 2.36. The van der Waals surface area contributed by atoms with Crippen molar-refractivity contribution in [3.8, 4) is 0 Å². The van der Waals surface area contributed by atoms with E-state index in [1.807, 2.05) is 6.07 Å². The van der Waals surface area contributed by atoms with Crippen LogP contribution in [0.1, 0.15) is 32.6 Å². The molecule has 20 heavy (non-hydrogen) atoms. The fourth-order valence-electron chi connectivity index (χ4n) is 3.02. The molecule has 0 heterocycles. The van der Waals surface area contributed by atoms with E-state index in [2.05, 4.69) is 12.2 Å². The molecule has 1 aliphatic rings. The van der Waals surface area contributed by atoms with Crippen LogP contribution in [0.2, 0.25) is 0 Å². The number of sulfone groups is 1. The Morgan fingerprint density at radius 3 is 2.75 bits per heavy atom. The Hall–Kier alpha value is -1.23. The second-order valence-corrected chi connectivity index (χ2v) is 7.99. The lowest BCUT2D eigenvalue weighted by molar-refractivity contribution is 0.293. The van der Waals surface area contributed by atoms with Gasteiger partial charge in [0.05, 0.1) is 16.3 Å². The fourth-order valence-corrected chi connectivity index (χ4v) is 3.86. The van der Waals surface area contributed by atoms with E-state index < -0.39 is 9.84 Å². The van der Waals surface area contributed by atoms with Crippen LogP contribution in [0.3, 0.4) is 0 Å². The molecule has 2 unspecified atom stereocenters. The van der Waals surface area contributed by atoms with Crippen molar-refractivity contribution < 1.29 is 8.42 Å². The minimum atomic E-state index is -3.27. The van der Waals surface area contributed by atoms with Gasteiger partial charge in [0.1, 0.15) is 0 Å². The number of nitrogens with two attached hydrogens (primary N) is 1. The largest absolute Gasteiger partial charge is 0.396 e. The van der Waals surface area contributed by atoms with Crippen molar-refractivity contribution in [1.29, 1.82) is 0 Å². The van der Waals surface area contributed by atoms with Crippen LogP contribution in [0.5, 0.6) is 0 Å². The molecule has 0 radical (unpaired) electrons. The summed E-state index contributed by atoms with van der Waals surface area (Å²) in [5.74, 6) is 1.44. The fraction of sp³-hybridized carbons (Fsp3) is 0.600. The summed E-state index contributed by atoms with van der Waals surface area (Å²) in [7, 11) is -3.27. The highest BCUT2D eigenvalue weighted by Gasteiger charge is 2.19. The summed E-state index contributed by atoms with van der Waals surface area (Å²) in [5, 5.41) is 3.33. The number of hydrogen-bond donors (Lipinski definition) is 2. The summed E-state index contributed by atoms with van der Waals surface area (Å²) in [4.78, 5) is 0.208. The maximum atomic E-state index is 11.6. The van der Waals surface area contributed by atoms with Crippen molar-refractivity contribution in [2.75, 3.05) is 23.9 Å². The Bertz CT molecular complexity index is 569. The Morgan fingerprint density at radius 2 is 2.10 bits per heavy atom. The Labute approximate surface area is 121 Å². The molecule has 0 aliphatic heterocycles. The van der Waals surface area contributed by atoms with Crippen molar-refractivity contribution in [3.05, 3.63) is 18.2 Å². The molecule has 1 fully saturated rings. The number of nitrogen functional groups attached to an aromatic ring is 1. The van der Waals surface area contributed by atoms with Crippen LogP contribution in [0.25, 0.3) is 0 Å². The molecule has 0 saturated heterocycles. The Balaban J connectivity index is 2.07. The normalized spacial score (nSPS) is 23.5. The van der Waals surface area contributed by atoms with Gasteiger partial charge in [-0.25, -0.2) is 8.42 Å². The van der Waals surface area contributed by atoms with E-state index in [1.54, 1.807) is 12.1 Å². The van der Waals surface area contributed by atoms with Gasteiger partial charge in [0.15, 0.2) is 9.84 Å². The van der Waals surface area contributed by atoms with Crippen molar-refractivity contribution in [1.82, 2.24) is 0 Å². The quantitative estimate of drug-likeness (QED) is 0.838. The van der Waals surface area contributed by atoms with Gasteiger partial charge >= 0.3 is 0 Å². The number of nitrogens with one attached hydrogen (secondary N) is 1.